The van der Waals surface area contributed by atoms with Gasteiger partial charge in [0.05, 0.1) is 6.61 Å². The largest absolute Gasteiger partial charge is 0.494 e. The number of halogens is 2. The van der Waals surface area contributed by atoms with E-state index in [9.17, 15) is 0 Å². The molecule has 0 fully saturated rings. The Kier molecular flexibility index (Phi) is 9.25. The Balaban J connectivity index is 0.00000289. The molecule has 0 unspecified atom stereocenters. The first kappa shape index (κ1) is 17.6. The lowest BCUT2D eigenvalue weighted by Crippen LogP contribution is -2.17. The van der Waals surface area contributed by atoms with Crippen molar-refractivity contribution >= 4 is 24.0 Å². The third kappa shape index (κ3) is 6.48. The third-order valence-corrected chi connectivity index (χ3v) is 2.77. The summed E-state index contributed by atoms with van der Waals surface area (Å²) in [6.07, 6.45) is 1.19. The minimum atomic E-state index is 0. The highest BCUT2D eigenvalue weighted by Gasteiger charge is 2.04. The zero-order chi connectivity index (χ0) is 12.7. The summed E-state index contributed by atoms with van der Waals surface area (Å²) in [5, 5.41) is 4.18. The zero-order valence-corrected chi connectivity index (χ0v) is 12.9. The minimum Gasteiger partial charge on any atom is -0.494 e. The maximum atomic E-state index is 6.00. The molecule has 1 aromatic rings. The van der Waals surface area contributed by atoms with Gasteiger partial charge in [0.25, 0.3) is 0 Å². The molecule has 0 heterocycles. The van der Waals surface area contributed by atoms with Crippen LogP contribution in [0.2, 0.25) is 5.02 Å². The van der Waals surface area contributed by atoms with Gasteiger partial charge in [0, 0.05) is 17.1 Å². The van der Waals surface area contributed by atoms with E-state index < -0.39 is 0 Å². The van der Waals surface area contributed by atoms with E-state index in [2.05, 4.69) is 19.2 Å². The van der Waals surface area contributed by atoms with Crippen molar-refractivity contribution in [1.82, 2.24) is 5.32 Å². The molecule has 1 rings (SSSR count). The van der Waals surface area contributed by atoms with E-state index >= 15 is 0 Å². The number of rotatable bonds is 7. The smallest absolute Gasteiger partial charge is 0.123 e. The minimum absolute atomic E-state index is 0. The topological polar surface area (TPSA) is 21.3 Å². The maximum absolute atomic E-state index is 6.00. The second kappa shape index (κ2) is 9.48. The number of hydrogen-bond donors (Lipinski definition) is 1. The molecular formula is C14H23Cl2NO. The van der Waals surface area contributed by atoms with E-state index in [1.807, 2.05) is 25.1 Å². The molecule has 0 aliphatic carbocycles. The van der Waals surface area contributed by atoms with Gasteiger partial charge in [-0.2, -0.15) is 0 Å². The molecule has 0 aromatic heterocycles. The number of ether oxygens (including phenoxy) is 1. The predicted molar refractivity (Wildman–Crippen MR) is 81.0 cm³/mol. The lowest BCUT2D eigenvalue weighted by atomic mass is 10.1. The second-order valence-electron chi connectivity index (χ2n) is 4.54. The fraction of sp³-hybridized carbons (Fsp3) is 0.571. The van der Waals surface area contributed by atoms with Crippen LogP contribution < -0.4 is 10.1 Å². The molecule has 0 saturated heterocycles. The van der Waals surface area contributed by atoms with Gasteiger partial charge in [0.15, 0.2) is 0 Å². The maximum Gasteiger partial charge on any atom is 0.123 e. The number of nitrogens with one attached hydrogen (secondary N) is 1. The Morgan fingerprint density at radius 1 is 1.33 bits per heavy atom. The molecule has 0 atom stereocenters. The van der Waals surface area contributed by atoms with Crippen LogP contribution in [0.15, 0.2) is 18.2 Å². The lowest BCUT2D eigenvalue weighted by Gasteiger charge is -2.12. The van der Waals surface area contributed by atoms with Crippen molar-refractivity contribution in [3.63, 3.8) is 0 Å². The van der Waals surface area contributed by atoms with Crippen molar-refractivity contribution in [3.05, 3.63) is 28.8 Å². The first-order valence-electron chi connectivity index (χ1n) is 6.25. The summed E-state index contributed by atoms with van der Waals surface area (Å²) in [6, 6.07) is 5.77. The van der Waals surface area contributed by atoms with Gasteiger partial charge in [-0.3, -0.25) is 0 Å². The second-order valence-corrected chi connectivity index (χ2v) is 4.98. The first-order chi connectivity index (χ1) is 8.13. The molecule has 104 valence electrons. The Labute approximate surface area is 121 Å². The SMILES string of the molecule is CCOc1ccc(Cl)cc1CNCCC(C)C.Cl. The average Bonchev–Trinajstić information content (AvgIpc) is 2.28. The normalized spacial score (nSPS) is 10.3. The lowest BCUT2D eigenvalue weighted by molar-refractivity contribution is 0.335. The summed E-state index contributed by atoms with van der Waals surface area (Å²) >= 11 is 6.00. The molecule has 0 spiro atoms. The summed E-state index contributed by atoms with van der Waals surface area (Å²) in [5.74, 6) is 1.65. The summed E-state index contributed by atoms with van der Waals surface area (Å²) in [5.41, 5.74) is 1.13. The molecule has 0 bridgehead atoms. The van der Waals surface area contributed by atoms with Crippen molar-refractivity contribution in [2.45, 2.75) is 33.7 Å². The number of hydrogen-bond acceptors (Lipinski definition) is 2. The molecule has 0 radical (unpaired) electrons. The fourth-order valence-corrected chi connectivity index (χ4v) is 1.79. The van der Waals surface area contributed by atoms with Crippen LogP contribution in [-0.2, 0) is 6.54 Å². The van der Waals surface area contributed by atoms with Crippen molar-refractivity contribution in [2.75, 3.05) is 13.2 Å². The Morgan fingerprint density at radius 2 is 2.06 bits per heavy atom. The zero-order valence-electron chi connectivity index (χ0n) is 11.3. The molecule has 0 aliphatic rings. The molecular weight excluding hydrogens is 269 g/mol. The van der Waals surface area contributed by atoms with E-state index in [0.29, 0.717) is 6.61 Å². The van der Waals surface area contributed by atoms with Gasteiger partial charge in [-0.1, -0.05) is 25.4 Å². The van der Waals surface area contributed by atoms with Crippen molar-refractivity contribution in [1.29, 1.82) is 0 Å². The molecule has 0 amide bonds. The van der Waals surface area contributed by atoms with Crippen molar-refractivity contribution in [2.24, 2.45) is 5.92 Å². The standard InChI is InChI=1S/C14H22ClNO.ClH/c1-4-17-14-6-5-13(15)9-12(14)10-16-8-7-11(2)3;/h5-6,9,11,16H,4,7-8,10H2,1-3H3;1H. The predicted octanol–water partition coefficient (Wildman–Crippen LogP) is 4.30. The highest BCUT2D eigenvalue weighted by atomic mass is 35.5. The van der Waals surface area contributed by atoms with Crippen LogP contribution in [0.25, 0.3) is 0 Å². The van der Waals surface area contributed by atoms with E-state index in [0.717, 1.165) is 35.3 Å². The summed E-state index contributed by atoms with van der Waals surface area (Å²) in [6.45, 7) is 8.96. The molecule has 18 heavy (non-hydrogen) atoms. The highest BCUT2D eigenvalue weighted by molar-refractivity contribution is 6.30. The van der Waals surface area contributed by atoms with Crippen LogP contribution in [0.3, 0.4) is 0 Å². The van der Waals surface area contributed by atoms with E-state index in [4.69, 9.17) is 16.3 Å². The monoisotopic (exact) mass is 291 g/mol. The van der Waals surface area contributed by atoms with Crippen LogP contribution in [0.1, 0.15) is 32.8 Å². The van der Waals surface area contributed by atoms with Crippen LogP contribution in [0, 0.1) is 5.92 Å². The molecule has 1 N–H and O–H groups in total. The van der Waals surface area contributed by atoms with Crippen molar-refractivity contribution in [3.8, 4) is 5.75 Å². The number of benzene rings is 1. The van der Waals surface area contributed by atoms with Crippen LogP contribution in [-0.4, -0.2) is 13.2 Å². The van der Waals surface area contributed by atoms with Gasteiger partial charge in [-0.05, 0) is 44.0 Å². The van der Waals surface area contributed by atoms with Crippen LogP contribution in [0.4, 0.5) is 0 Å². The molecule has 0 aliphatic heterocycles. The fourth-order valence-electron chi connectivity index (χ4n) is 1.60. The van der Waals surface area contributed by atoms with Gasteiger partial charge < -0.3 is 10.1 Å². The van der Waals surface area contributed by atoms with Gasteiger partial charge in [0.2, 0.25) is 0 Å². The van der Waals surface area contributed by atoms with Gasteiger partial charge in [-0.15, -0.1) is 12.4 Å². The average molecular weight is 292 g/mol. The van der Waals surface area contributed by atoms with E-state index in [1.165, 1.54) is 6.42 Å². The third-order valence-electron chi connectivity index (χ3n) is 2.54. The summed E-state index contributed by atoms with van der Waals surface area (Å²) in [4.78, 5) is 0. The molecule has 0 saturated carbocycles. The van der Waals surface area contributed by atoms with Gasteiger partial charge >= 0.3 is 0 Å². The highest BCUT2D eigenvalue weighted by Crippen LogP contribution is 2.22. The molecule has 2 nitrogen and oxygen atoms in total. The van der Waals surface area contributed by atoms with E-state index in [-0.39, 0.29) is 12.4 Å². The van der Waals surface area contributed by atoms with Crippen LogP contribution >= 0.6 is 24.0 Å². The quantitative estimate of drug-likeness (QED) is 0.757. The molecule has 1 aromatic carbocycles. The first-order valence-corrected chi connectivity index (χ1v) is 6.63. The van der Waals surface area contributed by atoms with Crippen molar-refractivity contribution < 1.29 is 4.74 Å². The summed E-state index contributed by atoms with van der Waals surface area (Å²) < 4.78 is 5.57. The summed E-state index contributed by atoms with van der Waals surface area (Å²) in [7, 11) is 0. The Morgan fingerprint density at radius 3 is 2.67 bits per heavy atom. The molecule has 4 heteroatoms. The van der Waals surface area contributed by atoms with Crippen LogP contribution in [0.5, 0.6) is 5.75 Å². The Bertz CT molecular complexity index is 343. The Hall–Kier alpha value is -0.440. The van der Waals surface area contributed by atoms with E-state index in [1.54, 1.807) is 0 Å². The van der Waals surface area contributed by atoms with Gasteiger partial charge in [0.1, 0.15) is 5.75 Å². The van der Waals surface area contributed by atoms with Gasteiger partial charge in [-0.25, -0.2) is 0 Å².